The topological polar surface area (TPSA) is 46.2 Å². The van der Waals surface area contributed by atoms with E-state index in [4.69, 9.17) is 0 Å². The van der Waals surface area contributed by atoms with Gasteiger partial charge in [0.1, 0.15) is 0 Å². The molecular weight excluding hydrogens is 174 g/mol. The lowest BCUT2D eigenvalue weighted by molar-refractivity contribution is 0.582. The van der Waals surface area contributed by atoms with Crippen LogP contribution in [-0.4, -0.2) is 8.42 Å². The Labute approximate surface area is 71.5 Å². The van der Waals surface area contributed by atoms with Crippen LogP contribution in [0.1, 0.15) is 18.5 Å². The SMILES string of the molecule is C[C@@H]1NS(=O)(=O)c2ccccc21. The maximum absolute atomic E-state index is 11.4. The highest BCUT2D eigenvalue weighted by molar-refractivity contribution is 7.89. The Bertz CT molecular complexity index is 411. The Hall–Kier alpha value is -0.870. The van der Waals surface area contributed by atoms with E-state index < -0.39 is 10.0 Å². The van der Waals surface area contributed by atoms with Gasteiger partial charge in [-0.2, -0.15) is 0 Å². The highest BCUT2D eigenvalue weighted by atomic mass is 32.2. The van der Waals surface area contributed by atoms with Crippen LogP contribution in [0, 0.1) is 0 Å². The van der Waals surface area contributed by atoms with E-state index in [1.165, 1.54) is 0 Å². The lowest BCUT2D eigenvalue weighted by Gasteiger charge is -1.99. The van der Waals surface area contributed by atoms with E-state index in [0.29, 0.717) is 4.90 Å². The molecule has 1 aliphatic heterocycles. The van der Waals surface area contributed by atoms with Crippen LogP contribution in [0.15, 0.2) is 29.2 Å². The molecule has 1 atom stereocenters. The van der Waals surface area contributed by atoms with Crippen molar-refractivity contribution in [2.75, 3.05) is 0 Å². The van der Waals surface area contributed by atoms with E-state index >= 15 is 0 Å². The molecule has 1 aromatic carbocycles. The monoisotopic (exact) mass is 183 g/mol. The molecule has 2 rings (SSSR count). The van der Waals surface area contributed by atoms with E-state index in [0.717, 1.165) is 5.56 Å². The Morgan fingerprint density at radius 1 is 1.33 bits per heavy atom. The van der Waals surface area contributed by atoms with Crippen LogP contribution >= 0.6 is 0 Å². The number of sulfonamides is 1. The van der Waals surface area contributed by atoms with Crippen molar-refractivity contribution in [3.05, 3.63) is 29.8 Å². The second-order valence-electron chi connectivity index (χ2n) is 2.88. The largest absolute Gasteiger partial charge is 0.241 e. The number of hydrogen-bond acceptors (Lipinski definition) is 2. The highest BCUT2D eigenvalue weighted by Crippen LogP contribution is 2.29. The number of nitrogens with one attached hydrogen (secondary N) is 1. The third-order valence-corrected chi connectivity index (χ3v) is 3.62. The van der Waals surface area contributed by atoms with E-state index in [1.54, 1.807) is 12.1 Å². The van der Waals surface area contributed by atoms with Crippen LogP contribution in [0.3, 0.4) is 0 Å². The van der Waals surface area contributed by atoms with Crippen LogP contribution in [0.5, 0.6) is 0 Å². The summed E-state index contributed by atoms with van der Waals surface area (Å²) >= 11 is 0. The van der Waals surface area contributed by atoms with E-state index in [1.807, 2.05) is 19.1 Å². The summed E-state index contributed by atoms with van der Waals surface area (Å²) in [6.07, 6.45) is 0. The van der Waals surface area contributed by atoms with E-state index in [9.17, 15) is 8.42 Å². The van der Waals surface area contributed by atoms with Crippen molar-refractivity contribution in [1.82, 2.24) is 4.72 Å². The van der Waals surface area contributed by atoms with Gasteiger partial charge >= 0.3 is 0 Å². The van der Waals surface area contributed by atoms with Crippen LogP contribution < -0.4 is 4.72 Å². The maximum Gasteiger partial charge on any atom is 0.241 e. The smallest absolute Gasteiger partial charge is 0.207 e. The molecule has 3 nitrogen and oxygen atoms in total. The first-order chi connectivity index (χ1) is 5.61. The van der Waals surface area contributed by atoms with Gasteiger partial charge in [-0.15, -0.1) is 0 Å². The second kappa shape index (κ2) is 2.31. The molecule has 1 heterocycles. The third kappa shape index (κ3) is 0.956. The van der Waals surface area contributed by atoms with Crippen molar-refractivity contribution in [2.45, 2.75) is 17.9 Å². The number of fused-ring (bicyclic) bond motifs is 1. The molecule has 1 N–H and O–H groups in total. The van der Waals surface area contributed by atoms with Gasteiger partial charge in [-0.3, -0.25) is 0 Å². The molecule has 0 bridgehead atoms. The second-order valence-corrected chi connectivity index (χ2v) is 4.56. The van der Waals surface area contributed by atoms with Crippen LogP contribution in [0.4, 0.5) is 0 Å². The Balaban J connectivity index is 2.74. The van der Waals surface area contributed by atoms with Gasteiger partial charge in [-0.25, -0.2) is 13.1 Å². The minimum Gasteiger partial charge on any atom is -0.207 e. The Morgan fingerprint density at radius 2 is 2.00 bits per heavy atom. The lowest BCUT2D eigenvalue weighted by atomic mass is 10.1. The molecule has 0 saturated heterocycles. The number of hydrogen-bond donors (Lipinski definition) is 1. The van der Waals surface area contributed by atoms with Crippen molar-refractivity contribution in [3.63, 3.8) is 0 Å². The van der Waals surface area contributed by atoms with Crippen molar-refractivity contribution in [3.8, 4) is 0 Å². The summed E-state index contributed by atoms with van der Waals surface area (Å²) in [5.41, 5.74) is 0.859. The molecule has 0 unspecified atom stereocenters. The van der Waals surface area contributed by atoms with Crippen LogP contribution in [0.2, 0.25) is 0 Å². The van der Waals surface area contributed by atoms with Gasteiger partial charge in [0.15, 0.2) is 0 Å². The quantitative estimate of drug-likeness (QED) is 0.653. The summed E-state index contributed by atoms with van der Waals surface area (Å²) in [5.74, 6) is 0. The first-order valence-electron chi connectivity index (χ1n) is 3.72. The molecule has 0 aliphatic carbocycles. The maximum atomic E-state index is 11.4. The van der Waals surface area contributed by atoms with Gasteiger partial charge in [0, 0.05) is 6.04 Å². The number of benzene rings is 1. The molecule has 0 aromatic heterocycles. The molecule has 0 radical (unpaired) electrons. The minimum absolute atomic E-state index is 0.0915. The minimum atomic E-state index is -3.20. The van der Waals surface area contributed by atoms with Gasteiger partial charge in [0.25, 0.3) is 0 Å². The number of rotatable bonds is 0. The first kappa shape index (κ1) is 7.76. The van der Waals surface area contributed by atoms with E-state index in [2.05, 4.69) is 4.72 Å². The first-order valence-corrected chi connectivity index (χ1v) is 5.21. The van der Waals surface area contributed by atoms with E-state index in [-0.39, 0.29) is 6.04 Å². The summed E-state index contributed by atoms with van der Waals surface area (Å²) in [6, 6.07) is 6.94. The molecule has 0 saturated carbocycles. The molecule has 0 fully saturated rings. The zero-order chi connectivity index (χ0) is 8.77. The average Bonchev–Trinajstić information content (AvgIpc) is 2.25. The summed E-state index contributed by atoms with van der Waals surface area (Å²) in [4.78, 5) is 0.414. The van der Waals surface area contributed by atoms with Crippen molar-refractivity contribution < 1.29 is 8.42 Å². The molecule has 0 spiro atoms. The van der Waals surface area contributed by atoms with Gasteiger partial charge in [-0.05, 0) is 18.6 Å². The molecular formula is C8H9NO2S. The Morgan fingerprint density at radius 3 is 2.67 bits per heavy atom. The predicted molar refractivity (Wildman–Crippen MR) is 45.2 cm³/mol. The van der Waals surface area contributed by atoms with Crippen LogP contribution in [0.25, 0.3) is 0 Å². The molecule has 64 valence electrons. The van der Waals surface area contributed by atoms with Crippen LogP contribution in [-0.2, 0) is 10.0 Å². The zero-order valence-electron chi connectivity index (χ0n) is 6.61. The molecule has 4 heteroatoms. The van der Waals surface area contributed by atoms with Crippen molar-refractivity contribution in [1.29, 1.82) is 0 Å². The van der Waals surface area contributed by atoms with Crippen molar-refractivity contribution >= 4 is 10.0 Å². The van der Waals surface area contributed by atoms with Gasteiger partial charge < -0.3 is 0 Å². The average molecular weight is 183 g/mol. The summed E-state index contributed by atoms with van der Waals surface area (Å²) < 4.78 is 25.2. The van der Waals surface area contributed by atoms with Gasteiger partial charge in [0.2, 0.25) is 10.0 Å². The lowest BCUT2D eigenvalue weighted by Crippen LogP contribution is -2.17. The zero-order valence-corrected chi connectivity index (χ0v) is 7.43. The summed E-state index contributed by atoms with van der Waals surface area (Å²) in [6.45, 7) is 1.84. The Kier molecular flexibility index (Phi) is 1.49. The van der Waals surface area contributed by atoms with Gasteiger partial charge in [0.05, 0.1) is 4.90 Å². The third-order valence-electron chi connectivity index (χ3n) is 2.01. The highest BCUT2D eigenvalue weighted by Gasteiger charge is 2.30. The molecule has 1 aliphatic rings. The van der Waals surface area contributed by atoms with Gasteiger partial charge in [-0.1, -0.05) is 18.2 Å². The van der Waals surface area contributed by atoms with Crippen molar-refractivity contribution in [2.24, 2.45) is 0 Å². The normalized spacial score (nSPS) is 25.2. The summed E-state index contributed by atoms with van der Waals surface area (Å²) in [5, 5.41) is 0. The fourth-order valence-electron chi connectivity index (χ4n) is 1.44. The molecule has 1 aromatic rings. The predicted octanol–water partition coefficient (Wildman–Crippen LogP) is 1.04. The standard InChI is InChI=1S/C8H9NO2S/c1-6-7-4-2-3-5-8(7)12(10,11)9-6/h2-6,9H,1H3/t6-/m0/s1. The molecule has 0 amide bonds. The summed E-state index contributed by atoms with van der Waals surface area (Å²) in [7, 11) is -3.20. The fraction of sp³-hybridized carbons (Fsp3) is 0.250. The molecule has 12 heavy (non-hydrogen) atoms. The fourth-order valence-corrected chi connectivity index (χ4v) is 2.97.